The molecule has 20 heavy (non-hydrogen) atoms. The van der Waals surface area contributed by atoms with Crippen LogP contribution in [0, 0.1) is 6.92 Å². The van der Waals surface area contributed by atoms with Crippen LogP contribution in [0.1, 0.15) is 11.1 Å². The lowest BCUT2D eigenvalue weighted by atomic mass is 10.1. The summed E-state index contributed by atoms with van der Waals surface area (Å²) in [5.41, 5.74) is 2.44. The molecule has 5 heteroatoms. The smallest absolute Gasteiger partial charge is 0.236 e. The molecule has 1 aliphatic rings. The molecular formula is C15H21N3O2. The summed E-state index contributed by atoms with van der Waals surface area (Å²) < 4.78 is 0. The number of aryl methyl sites for hydroxylation is 1. The second-order valence-corrected chi connectivity index (χ2v) is 5.05. The van der Waals surface area contributed by atoms with Crippen molar-refractivity contribution < 1.29 is 9.59 Å². The average Bonchev–Trinajstić information content (AvgIpc) is 2.49. The minimum absolute atomic E-state index is 0.101. The number of hydrogen-bond donors (Lipinski definition) is 1. The highest BCUT2D eigenvalue weighted by atomic mass is 16.2. The number of nitrogens with one attached hydrogen (secondary N) is 1. The summed E-state index contributed by atoms with van der Waals surface area (Å²) in [6.45, 7) is 5.63. The SMILES string of the molecule is Cc1ccccc1CNCC(=O)N1CCN(C=O)CC1. The molecule has 1 aliphatic heterocycles. The van der Waals surface area contributed by atoms with E-state index in [2.05, 4.69) is 24.4 Å². The van der Waals surface area contributed by atoms with Gasteiger partial charge in [-0.1, -0.05) is 24.3 Å². The maximum absolute atomic E-state index is 12.0. The fourth-order valence-corrected chi connectivity index (χ4v) is 2.30. The van der Waals surface area contributed by atoms with E-state index < -0.39 is 0 Å². The van der Waals surface area contributed by atoms with E-state index in [0.717, 1.165) is 6.41 Å². The molecule has 0 spiro atoms. The van der Waals surface area contributed by atoms with Crippen LogP contribution in [0.4, 0.5) is 0 Å². The van der Waals surface area contributed by atoms with Crippen molar-refractivity contribution in [2.75, 3.05) is 32.7 Å². The van der Waals surface area contributed by atoms with Crippen LogP contribution in [0.5, 0.6) is 0 Å². The van der Waals surface area contributed by atoms with Gasteiger partial charge in [0.05, 0.1) is 6.54 Å². The molecule has 0 radical (unpaired) electrons. The van der Waals surface area contributed by atoms with Gasteiger partial charge in [-0.2, -0.15) is 0 Å². The van der Waals surface area contributed by atoms with E-state index in [1.54, 1.807) is 4.90 Å². The van der Waals surface area contributed by atoms with Crippen LogP contribution in [0.25, 0.3) is 0 Å². The molecule has 2 rings (SSSR count). The van der Waals surface area contributed by atoms with Crippen molar-refractivity contribution in [1.29, 1.82) is 0 Å². The number of carbonyl (C=O) groups excluding carboxylic acids is 2. The Labute approximate surface area is 119 Å². The number of piperazine rings is 1. The molecule has 2 amide bonds. The fourth-order valence-electron chi connectivity index (χ4n) is 2.30. The Balaban J connectivity index is 1.73. The summed E-state index contributed by atoms with van der Waals surface area (Å²) in [5, 5.41) is 3.19. The first kappa shape index (κ1) is 14.5. The first-order valence-electron chi connectivity index (χ1n) is 6.93. The zero-order valence-corrected chi connectivity index (χ0v) is 11.8. The van der Waals surface area contributed by atoms with Gasteiger partial charge in [-0.05, 0) is 18.1 Å². The highest BCUT2D eigenvalue weighted by Crippen LogP contribution is 2.06. The molecule has 0 unspecified atom stereocenters. The number of amides is 2. The maximum Gasteiger partial charge on any atom is 0.236 e. The number of nitrogens with zero attached hydrogens (tertiary/aromatic N) is 2. The summed E-state index contributed by atoms with van der Waals surface area (Å²) in [6, 6.07) is 8.15. The number of rotatable bonds is 5. The largest absolute Gasteiger partial charge is 0.342 e. The molecule has 1 saturated heterocycles. The Bertz CT molecular complexity index is 468. The van der Waals surface area contributed by atoms with Crippen molar-refractivity contribution in [2.45, 2.75) is 13.5 Å². The van der Waals surface area contributed by atoms with Gasteiger partial charge in [-0.3, -0.25) is 9.59 Å². The maximum atomic E-state index is 12.0. The molecule has 5 nitrogen and oxygen atoms in total. The summed E-state index contributed by atoms with van der Waals surface area (Å²) >= 11 is 0. The average molecular weight is 275 g/mol. The standard InChI is InChI=1S/C15H21N3O2/c1-13-4-2-3-5-14(13)10-16-11-15(20)18-8-6-17(12-19)7-9-18/h2-5,12,16H,6-11H2,1H3. The molecule has 1 fully saturated rings. The minimum atomic E-state index is 0.101. The van der Waals surface area contributed by atoms with Gasteiger partial charge in [-0.15, -0.1) is 0 Å². The van der Waals surface area contributed by atoms with Crippen molar-refractivity contribution in [3.63, 3.8) is 0 Å². The first-order chi connectivity index (χ1) is 9.70. The monoisotopic (exact) mass is 275 g/mol. The third-order valence-corrected chi connectivity index (χ3v) is 3.67. The van der Waals surface area contributed by atoms with Gasteiger partial charge in [0.25, 0.3) is 0 Å². The van der Waals surface area contributed by atoms with Crippen LogP contribution in [-0.2, 0) is 16.1 Å². The lowest BCUT2D eigenvalue weighted by molar-refractivity contribution is -0.134. The van der Waals surface area contributed by atoms with Crippen molar-refractivity contribution in [1.82, 2.24) is 15.1 Å². The topological polar surface area (TPSA) is 52.7 Å². The summed E-state index contributed by atoms with van der Waals surface area (Å²) in [7, 11) is 0. The van der Waals surface area contributed by atoms with Crippen molar-refractivity contribution in [3.05, 3.63) is 35.4 Å². The number of carbonyl (C=O) groups is 2. The Morgan fingerprint density at radius 1 is 1.25 bits per heavy atom. The van der Waals surface area contributed by atoms with Crippen LogP contribution in [0.15, 0.2) is 24.3 Å². The molecule has 0 aliphatic carbocycles. The third-order valence-electron chi connectivity index (χ3n) is 3.67. The molecule has 0 aromatic heterocycles. The summed E-state index contributed by atoms with van der Waals surface area (Å²) in [6.07, 6.45) is 0.845. The molecule has 0 bridgehead atoms. The molecule has 0 saturated carbocycles. The predicted octanol–water partition coefficient (Wildman–Crippen LogP) is 0.385. The van der Waals surface area contributed by atoms with Crippen LogP contribution in [0.3, 0.4) is 0 Å². The van der Waals surface area contributed by atoms with Crippen molar-refractivity contribution in [2.24, 2.45) is 0 Å². The Hall–Kier alpha value is -1.88. The van der Waals surface area contributed by atoms with Gasteiger partial charge in [0.2, 0.25) is 12.3 Å². The van der Waals surface area contributed by atoms with Crippen LogP contribution < -0.4 is 5.32 Å². The van der Waals surface area contributed by atoms with E-state index in [4.69, 9.17) is 0 Å². The van der Waals surface area contributed by atoms with Crippen LogP contribution >= 0.6 is 0 Å². The van der Waals surface area contributed by atoms with Crippen molar-refractivity contribution in [3.8, 4) is 0 Å². The highest BCUT2D eigenvalue weighted by Gasteiger charge is 2.19. The van der Waals surface area contributed by atoms with Gasteiger partial charge in [-0.25, -0.2) is 0 Å². The first-order valence-corrected chi connectivity index (χ1v) is 6.93. The summed E-state index contributed by atoms with van der Waals surface area (Å²) in [5.74, 6) is 0.101. The van der Waals surface area contributed by atoms with E-state index >= 15 is 0 Å². The van der Waals surface area contributed by atoms with E-state index in [1.807, 2.05) is 17.0 Å². The van der Waals surface area contributed by atoms with E-state index in [-0.39, 0.29) is 5.91 Å². The van der Waals surface area contributed by atoms with Gasteiger partial charge < -0.3 is 15.1 Å². The molecule has 108 valence electrons. The van der Waals surface area contributed by atoms with Gasteiger partial charge in [0.1, 0.15) is 0 Å². The zero-order chi connectivity index (χ0) is 14.4. The highest BCUT2D eigenvalue weighted by molar-refractivity contribution is 5.78. The Morgan fingerprint density at radius 2 is 1.95 bits per heavy atom. The fraction of sp³-hybridized carbons (Fsp3) is 0.467. The second kappa shape index (κ2) is 7.05. The van der Waals surface area contributed by atoms with E-state index in [9.17, 15) is 9.59 Å². The molecule has 1 heterocycles. The van der Waals surface area contributed by atoms with Gasteiger partial charge in [0, 0.05) is 32.7 Å². The lowest BCUT2D eigenvalue weighted by Gasteiger charge is -2.32. The van der Waals surface area contributed by atoms with Crippen LogP contribution in [0.2, 0.25) is 0 Å². The number of hydrogen-bond acceptors (Lipinski definition) is 3. The molecule has 1 N–H and O–H groups in total. The lowest BCUT2D eigenvalue weighted by Crippen LogP contribution is -2.50. The Morgan fingerprint density at radius 3 is 2.60 bits per heavy atom. The number of benzene rings is 1. The molecule has 1 aromatic carbocycles. The molecule has 0 atom stereocenters. The third kappa shape index (κ3) is 3.81. The van der Waals surface area contributed by atoms with Gasteiger partial charge >= 0.3 is 0 Å². The second-order valence-electron chi connectivity index (χ2n) is 5.05. The quantitative estimate of drug-likeness (QED) is 0.791. The normalized spacial score (nSPS) is 15.2. The van der Waals surface area contributed by atoms with E-state index in [1.165, 1.54) is 11.1 Å². The minimum Gasteiger partial charge on any atom is -0.342 e. The predicted molar refractivity (Wildman–Crippen MR) is 77.1 cm³/mol. The van der Waals surface area contributed by atoms with Gasteiger partial charge in [0.15, 0.2) is 0 Å². The molecule has 1 aromatic rings. The van der Waals surface area contributed by atoms with Crippen LogP contribution in [-0.4, -0.2) is 54.8 Å². The molecular weight excluding hydrogens is 254 g/mol. The Kier molecular flexibility index (Phi) is 5.12. The zero-order valence-electron chi connectivity index (χ0n) is 11.8. The summed E-state index contributed by atoms with van der Waals surface area (Å²) in [4.78, 5) is 26.1. The van der Waals surface area contributed by atoms with E-state index in [0.29, 0.717) is 39.3 Å². The van der Waals surface area contributed by atoms with Crippen molar-refractivity contribution >= 4 is 12.3 Å².